The molecule has 0 saturated carbocycles. The van der Waals surface area contributed by atoms with Crippen molar-refractivity contribution in [2.75, 3.05) is 14.1 Å². The third kappa shape index (κ3) is 3.51. The van der Waals surface area contributed by atoms with Crippen molar-refractivity contribution in [2.45, 2.75) is 17.3 Å². The fourth-order valence-corrected chi connectivity index (χ4v) is 3.91. The van der Waals surface area contributed by atoms with Crippen LogP contribution in [-0.2, 0) is 11.8 Å². The van der Waals surface area contributed by atoms with Crippen molar-refractivity contribution < 1.29 is 4.79 Å². The van der Waals surface area contributed by atoms with Gasteiger partial charge in [0.1, 0.15) is 5.25 Å². The molecule has 3 rings (SSSR count). The molecule has 6 heteroatoms. The molecule has 134 valence electrons. The lowest BCUT2D eigenvalue weighted by molar-refractivity contribution is -0.128. The molecule has 5 nitrogen and oxygen atoms in total. The summed E-state index contributed by atoms with van der Waals surface area (Å²) in [5, 5.41) is 0.648. The fraction of sp³-hybridized carbons (Fsp3) is 0.250. The quantitative estimate of drug-likeness (QED) is 0.525. The molecule has 1 heterocycles. The largest absolute Gasteiger partial charge is 0.348 e. The Hall–Kier alpha value is -2.60. The van der Waals surface area contributed by atoms with Crippen molar-refractivity contribution in [2.24, 2.45) is 7.05 Å². The zero-order valence-electron chi connectivity index (χ0n) is 15.3. The van der Waals surface area contributed by atoms with Gasteiger partial charge >= 0.3 is 0 Å². The number of thioether (sulfide) groups is 1. The average molecular weight is 367 g/mol. The van der Waals surface area contributed by atoms with Gasteiger partial charge in [-0.1, -0.05) is 53.7 Å². The van der Waals surface area contributed by atoms with Crippen LogP contribution in [0.4, 0.5) is 0 Å². The number of rotatable bonds is 4. The minimum atomic E-state index is -0.466. The first-order valence-corrected chi connectivity index (χ1v) is 9.16. The first-order valence-electron chi connectivity index (χ1n) is 8.28. The van der Waals surface area contributed by atoms with Crippen molar-refractivity contribution >= 4 is 28.6 Å². The maximum Gasteiger partial charge on any atom is 0.261 e. The van der Waals surface area contributed by atoms with E-state index in [-0.39, 0.29) is 11.5 Å². The maximum atomic E-state index is 12.7. The first kappa shape index (κ1) is 18.2. The van der Waals surface area contributed by atoms with Crippen molar-refractivity contribution in [3.63, 3.8) is 0 Å². The lowest BCUT2D eigenvalue weighted by Crippen LogP contribution is -2.28. The maximum absolute atomic E-state index is 12.7. The van der Waals surface area contributed by atoms with Gasteiger partial charge < -0.3 is 4.90 Å². The number of fused-ring (bicyclic) bond motifs is 1. The van der Waals surface area contributed by atoms with Gasteiger partial charge in [-0.05, 0) is 24.6 Å². The molecule has 0 fully saturated rings. The highest BCUT2D eigenvalue weighted by molar-refractivity contribution is 8.00. The second kappa shape index (κ2) is 7.33. The molecule has 1 amide bonds. The van der Waals surface area contributed by atoms with Gasteiger partial charge in [0.2, 0.25) is 5.91 Å². The Morgan fingerprint density at radius 2 is 1.85 bits per heavy atom. The standard InChI is InChI=1S/C20H21N3O2S/c1-13-10-11-16-15(12-13)18(24)23(4)20(21-16)26-17(19(25)22(2)3)14-8-6-5-7-9-14/h5-12,17H,1-4H3. The number of hydrogen-bond donors (Lipinski definition) is 0. The van der Waals surface area contributed by atoms with Crippen molar-refractivity contribution in [3.05, 3.63) is 70.0 Å². The van der Waals surface area contributed by atoms with Crippen LogP contribution in [0.2, 0.25) is 0 Å². The van der Waals surface area contributed by atoms with Gasteiger partial charge in [-0.25, -0.2) is 4.98 Å². The van der Waals surface area contributed by atoms with Crippen molar-refractivity contribution in [3.8, 4) is 0 Å². The van der Waals surface area contributed by atoms with Crippen LogP contribution in [0.5, 0.6) is 0 Å². The third-order valence-corrected chi connectivity index (χ3v) is 5.47. The molecule has 0 spiro atoms. The highest BCUT2D eigenvalue weighted by Crippen LogP contribution is 2.35. The summed E-state index contributed by atoms with van der Waals surface area (Å²) < 4.78 is 1.52. The topological polar surface area (TPSA) is 55.2 Å². The van der Waals surface area contributed by atoms with Crippen molar-refractivity contribution in [1.82, 2.24) is 14.5 Å². The molecule has 0 radical (unpaired) electrons. The SMILES string of the molecule is Cc1ccc2nc(SC(C(=O)N(C)C)c3ccccc3)n(C)c(=O)c2c1. The molecule has 0 bridgehead atoms. The highest BCUT2D eigenvalue weighted by atomic mass is 32.2. The van der Waals surface area contributed by atoms with Crippen LogP contribution >= 0.6 is 11.8 Å². The zero-order valence-corrected chi connectivity index (χ0v) is 16.1. The predicted molar refractivity (Wildman–Crippen MR) is 105 cm³/mol. The molecule has 0 saturated heterocycles. The molecule has 0 aliphatic heterocycles. The van der Waals surface area contributed by atoms with Gasteiger partial charge in [0.05, 0.1) is 10.9 Å². The van der Waals surface area contributed by atoms with E-state index in [9.17, 15) is 9.59 Å². The number of aryl methyl sites for hydroxylation is 1. The Morgan fingerprint density at radius 1 is 1.15 bits per heavy atom. The smallest absolute Gasteiger partial charge is 0.261 e. The number of amides is 1. The van der Waals surface area contributed by atoms with E-state index in [0.717, 1.165) is 11.1 Å². The fourth-order valence-electron chi connectivity index (χ4n) is 2.70. The van der Waals surface area contributed by atoms with Gasteiger partial charge in [-0.3, -0.25) is 14.2 Å². The molecular formula is C20H21N3O2S. The number of nitrogens with zero attached hydrogens (tertiary/aromatic N) is 3. The lowest BCUT2D eigenvalue weighted by atomic mass is 10.1. The number of hydrogen-bond acceptors (Lipinski definition) is 4. The molecule has 1 unspecified atom stereocenters. The predicted octanol–water partition coefficient (Wildman–Crippen LogP) is 3.16. The molecule has 0 aliphatic rings. The number of likely N-dealkylation sites (N-methyl/N-ethyl adjacent to an activating group) is 1. The van der Waals surface area contributed by atoms with E-state index >= 15 is 0 Å². The minimum absolute atomic E-state index is 0.0422. The van der Waals surface area contributed by atoms with Gasteiger partial charge in [0, 0.05) is 21.1 Å². The van der Waals surface area contributed by atoms with E-state index in [1.54, 1.807) is 26.0 Å². The van der Waals surface area contributed by atoms with Gasteiger partial charge in [0.15, 0.2) is 5.16 Å². The zero-order chi connectivity index (χ0) is 18.8. The van der Waals surface area contributed by atoms with E-state index in [1.165, 1.54) is 16.3 Å². The number of aromatic nitrogens is 2. The molecule has 1 atom stereocenters. The van der Waals surface area contributed by atoms with Crippen LogP contribution < -0.4 is 5.56 Å². The third-order valence-electron chi connectivity index (χ3n) is 4.18. The summed E-state index contributed by atoms with van der Waals surface area (Å²) in [6, 6.07) is 15.2. The summed E-state index contributed by atoms with van der Waals surface area (Å²) in [6.07, 6.45) is 0. The molecule has 26 heavy (non-hydrogen) atoms. The molecule has 2 aromatic carbocycles. The van der Waals surface area contributed by atoms with Crippen LogP contribution in [0, 0.1) is 6.92 Å². The Balaban J connectivity index is 2.09. The lowest BCUT2D eigenvalue weighted by Gasteiger charge is -2.21. The molecular weight excluding hydrogens is 346 g/mol. The summed E-state index contributed by atoms with van der Waals surface area (Å²) in [5.74, 6) is -0.0422. The highest BCUT2D eigenvalue weighted by Gasteiger charge is 2.25. The van der Waals surface area contributed by atoms with E-state index in [0.29, 0.717) is 16.1 Å². The van der Waals surface area contributed by atoms with Gasteiger partial charge in [-0.2, -0.15) is 0 Å². The van der Waals surface area contributed by atoms with Crippen LogP contribution in [0.1, 0.15) is 16.4 Å². The van der Waals surface area contributed by atoms with Crippen LogP contribution in [-0.4, -0.2) is 34.5 Å². The van der Waals surface area contributed by atoms with Crippen LogP contribution in [0.15, 0.2) is 58.5 Å². The van der Waals surface area contributed by atoms with Gasteiger partial charge in [0.25, 0.3) is 5.56 Å². The Labute approximate surface area is 156 Å². The summed E-state index contributed by atoms with van der Waals surface area (Å²) >= 11 is 1.30. The van der Waals surface area contributed by atoms with E-state index in [1.807, 2.05) is 55.5 Å². The number of benzene rings is 2. The normalized spacial score (nSPS) is 12.2. The van der Waals surface area contributed by atoms with E-state index in [4.69, 9.17) is 0 Å². The minimum Gasteiger partial charge on any atom is -0.348 e. The summed E-state index contributed by atoms with van der Waals surface area (Å²) in [4.78, 5) is 31.7. The number of carbonyl (C=O) groups is 1. The Bertz CT molecular complexity index is 1010. The molecule has 0 N–H and O–H groups in total. The van der Waals surface area contributed by atoms with Crippen LogP contribution in [0.25, 0.3) is 10.9 Å². The molecule has 3 aromatic rings. The Morgan fingerprint density at radius 3 is 2.50 bits per heavy atom. The summed E-state index contributed by atoms with van der Waals surface area (Å²) in [7, 11) is 5.16. The monoisotopic (exact) mass is 367 g/mol. The average Bonchev–Trinajstić information content (AvgIpc) is 2.64. The van der Waals surface area contributed by atoms with Gasteiger partial charge in [-0.15, -0.1) is 0 Å². The first-order chi connectivity index (χ1) is 12.4. The number of carbonyl (C=O) groups excluding carboxylic acids is 1. The van der Waals surface area contributed by atoms with Crippen molar-refractivity contribution in [1.29, 1.82) is 0 Å². The second-order valence-corrected chi connectivity index (χ2v) is 7.49. The molecule has 0 aliphatic carbocycles. The van der Waals surface area contributed by atoms with Crippen LogP contribution in [0.3, 0.4) is 0 Å². The van der Waals surface area contributed by atoms with E-state index in [2.05, 4.69) is 4.98 Å². The summed E-state index contributed by atoms with van der Waals surface area (Å²) in [5.41, 5.74) is 2.44. The van der Waals surface area contributed by atoms with E-state index < -0.39 is 5.25 Å². The molecule has 1 aromatic heterocycles. The second-order valence-electron chi connectivity index (χ2n) is 6.42. The summed E-state index contributed by atoms with van der Waals surface area (Å²) in [6.45, 7) is 1.95. The Kier molecular flexibility index (Phi) is 5.13.